The summed E-state index contributed by atoms with van der Waals surface area (Å²) in [4.78, 5) is 37.5. The Bertz CT molecular complexity index is 876. The second-order valence-electron chi connectivity index (χ2n) is 7.41. The molecule has 8 nitrogen and oxygen atoms in total. The number of piperazine rings is 1. The number of urea groups is 1. The Morgan fingerprint density at radius 3 is 2.64 bits per heavy atom. The van der Waals surface area contributed by atoms with E-state index in [-0.39, 0.29) is 17.6 Å². The Labute approximate surface area is 164 Å². The Kier molecular flexibility index (Phi) is 5.29. The molecule has 1 saturated heterocycles. The molecule has 3 heterocycles. The lowest BCUT2D eigenvalue weighted by atomic mass is 10.2. The minimum Gasteiger partial charge on any atom is -0.369 e. The highest BCUT2D eigenvalue weighted by molar-refractivity contribution is 5.74. The zero-order valence-corrected chi connectivity index (χ0v) is 16.1. The number of para-hydroxylation sites is 1. The van der Waals surface area contributed by atoms with E-state index in [2.05, 4.69) is 56.3 Å². The van der Waals surface area contributed by atoms with Gasteiger partial charge in [0.25, 0.3) is 5.56 Å². The first kappa shape index (κ1) is 18.5. The van der Waals surface area contributed by atoms with Crippen LogP contribution in [0.2, 0.25) is 0 Å². The molecule has 2 aliphatic rings. The Balaban J connectivity index is 1.24. The number of anilines is 1. The first-order chi connectivity index (χ1) is 13.6. The number of nitrogens with zero attached hydrogens (tertiary/aromatic N) is 4. The van der Waals surface area contributed by atoms with Crippen LogP contribution in [0.25, 0.3) is 0 Å². The molecule has 1 unspecified atom stereocenters. The predicted octanol–water partition coefficient (Wildman–Crippen LogP) is 1.01. The van der Waals surface area contributed by atoms with Crippen molar-refractivity contribution in [2.24, 2.45) is 0 Å². The highest BCUT2D eigenvalue weighted by atomic mass is 16.2. The molecule has 2 amide bonds. The van der Waals surface area contributed by atoms with Gasteiger partial charge in [0, 0.05) is 44.5 Å². The number of amides is 2. The maximum Gasteiger partial charge on any atom is 0.318 e. The van der Waals surface area contributed by atoms with Crippen LogP contribution in [0.5, 0.6) is 0 Å². The summed E-state index contributed by atoms with van der Waals surface area (Å²) in [5.74, 6) is 0. The van der Waals surface area contributed by atoms with Crippen molar-refractivity contribution in [3.63, 3.8) is 0 Å². The summed E-state index contributed by atoms with van der Waals surface area (Å²) in [7, 11) is 0. The molecular formula is C20H26N6O2. The van der Waals surface area contributed by atoms with Crippen LogP contribution in [-0.4, -0.2) is 64.6 Å². The zero-order chi connectivity index (χ0) is 19.5. The van der Waals surface area contributed by atoms with Crippen molar-refractivity contribution in [2.45, 2.75) is 26.1 Å². The molecule has 0 bridgehead atoms. The lowest BCUT2D eigenvalue weighted by Gasteiger charge is -2.39. The highest BCUT2D eigenvalue weighted by Crippen LogP contribution is 2.18. The van der Waals surface area contributed by atoms with Gasteiger partial charge in [-0.25, -0.2) is 9.78 Å². The summed E-state index contributed by atoms with van der Waals surface area (Å²) in [5.41, 5.74) is 2.37. The number of aromatic amines is 1. The third-order valence-corrected chi connectivity index (χ3v) is 5.62. The fraction of sp³-hybridized carbons (Fsp3) is 0.450. The van der Waals surface area contributed by atoms with Gasteiger partial charge in [0.15, 0.2) is 0 Å². The van der Waals surface area contributed by atoms with E-state index in [1.54, 1.807) is 4.90 Å². The van der Waals surface area contributed by atoms with Gasteiger partial charge >= 0.3 is 6.03 Å². The van der Waals surface area contributed by atoms with E-state index >= 15 is 0 Å². The lowest BCUT2D eigenvalue weighted by molar-refractivity contribution is 0.176. The molecule has 1 aromatic carbocycles. The molecule has 0 radical (unpaired) electrons. The highest BCUT2D eigenvalue weighted by Gasteiger charge is 2.27. The maximum absolute atomic E-state index is 12.5. The van der Waals surface area contributed by atoms with Gasteiger partial charge in [-0.05, 0) is 19.1 Å². The van der Waals surface area contributed by atoms with Gasteiger partial charge in [-0.15, -0.1) is 0 Å². The minimum absolute atomic E-state index is 0.146. The second-order valence-corrected chi connectivity index (χ2v) is 7.41. The number of benzene rings is 1. The fourth-order valence-electron chi connectivity index (χ4n) is 3.87. The number of rotatable bonds is 4. The summed E-state index contributed by atoms with van der Waals surface area (Å²) >= 11 is 0. The lowest BCUT2D eigenvalue weighted by Crippen LogP contribution is -2.53. The Morgan fingerprint density at radius 2 is 1.93 bits per heavy atom. The molecule has 1 aromatic heterocycles. The number of H-pyrrole nitrogens is 1. The van der Waals surface area contributed by atoms with E-state index in [4.69, 9.17) is 0 Å². The van der Waals surface area contributed by atoms with Crippen LogP contribution >= 0.6 is 0 Å². The summed E-state index contributed by atoms with van der Waals surface area (Å²) in [6, 6.07) is 10.6. The van der Waals surface area contributed by atoms with Gasteiger partial charge in [-0.3, -0.25) is 9.69 Å². The average molecular weight is 382 g/mol. The molecule has 8 heteroatoms. The summed E-state index contributed by atoms with van der Waals surface area (Å²) in [6.07, 6.45) is 1.39. The van der Waals surface area contributed by atoms with E-state index in [0.717, 1.165) is 26.2 Å². The average Bonchev–Trinajstić information content (AvgIpc) is 3.18. The molecule has 4 rings (SSSR count). The molecule has 0 aliphatic carbocycles. The second kappa shape index (κ2) is 8.02. The molecule has 28 heavy (non-hydrogen) atoms. The largest absolute Gasteiger partial charge is 0.369 e. The van der Waals surface area contributed by atoms with Gasteiger partial charge in [0.1, 0.15) is 0 Å². The molecule has 0 spiro atoms. The fourth-order valence-corrected chi connectivity index (χ4v) is 3.87. The van der Waals surface area contributed by atoms with Crippen LogP contribution in [0.1, 0.15) is 18.2 Å². The standard InChI is InChI=1S/C20H26N6O2/c1-15(24-7-9-25(10-8-24)16-5-3-2-4-6-16)11-21-20(28)26-12-17-18(13-26)22-14-23-19(17)27/h2-6,14-15H,7-13H2,1H3,(H,21,28)(H,22,23,27). The predicted molar refractivity (Wildman–Crippen MR) is 107 cm³/mol. The van der Waals surface area contributed by atoms with E-state index in [1.165, 1.54) is 12.0 Å². The van der Waals surface area contributed by atoms with Crippen LogP contribution in [0.15, 0.2) is 41.5 Å². The normalized spacial score (nSPS) is 18.0. The molecule has 2 aliphatic heterocycles. The van der Waals surface area contributed by atoms with Gasteiger partial charge in [-0.2, -0.15) is 0 Å². The number of carbonyl (C=O) groups is 1. The Hall–Kier alpha value is -2.87. The quantitative estimate of drug-likeness (QED) is 0.824. The van der Waals surface area contributed by atoms with E-state index in [1.807, 2.05) is 6.07 Å². The van der Waals surface area contributed by atoms with Gasteiger partial charge in [-0.1, -0.05) is 18.2 Å². The van der Waals surface area contributed by atoms with Crippen molar-refractivity contribution in [2.75, 3.05) is 37.6 Å². The van der Waals surface area contributed by atoms with Gasteiger partial charge in [0.2, 0.25) is 0 Å². The molecule has 1 atom stereocenters. The number of fused-ring (bicyclic) bond motifs is 1. The molecule has 0 saturated carbocycles. The first-order valence-corrected chi connectivity index (χ1v) is 9.74. The number of carbonyl (C=O) groups excluding carboxylic acids is 1. The van der Waals surface area contributed by atoms with E-state index in [0.29, 0.717) is 30.9 Å². The van der Waals surface area contributed by atoms with Crippen molar-refractivity contribution in [3.8, 4) is 0 Å². The van der Waals surface area contributed by atoms with Crippen molar-refractivity contribution in [1.82, 2.24) is 25.1 Å². The summed E-state index contributed by atoms with van der Waals surface area (Å²) < 4.78 is 0. The van der Waals surface area contributed by atoms with Gasteiger partial charge < -0.3 is 20.1 Å². The third-order valence-electron chi connectivity index (χ3n) is 5.62. The minimum atomic E-state index is -0.162. The molecule has 148 valence electrons. The van der Waals surface area contributed by atoms with Crippen LogP contribution < -0.4 is 15.8 Å². The van der Waals surface area contributed by atoms with Crippen LogP contribution in [-0.2, 0) is 13.1 Å². The topological polar surface area (TPSA) is 84.6 Å². The first-order valence-electron chi connectivity index (χ1n) is 9.74. The van der Waals surface area contributed by atoms with Crippen LogP contribution in [0, 0.1) is 0 Å². The number of hydrogen-bond donors (Lipinski definition) is 2. The van der Waals surface area contributed by atoms with Crippen molar-refractivity contribution < 1.29 is 4.79 Å². The maximum atomic E-state index is 12.5. The number of nitrogens with one attached hydrogen (secondary N) is 2. The molecule has 2 N–H and O–H groups in total. The third kappa shape index (κ3) is 3.87. The van der Waals surface area contributed by atoms with E-state index < -0.39 is 0 Å². The van der Waals surface area contributed by atoms with Crippen LogP contribution in [0.3, 0.4) is 0 Å². The molecule has 2 aromatic rings. The number of aromatic nitrogens is 2. The summed E-state index contributed by atoms with van der Waals surface area (Å²) in [6.45, 7) is 7.34. The smallest absolute Gasteiger partial charge is 0.318 e. The Morgan fingerprint density at radius 1 is 1.18 bits per heavy atom. The van der Waals surface area contributed by atoms with Gasteiger partial charge in [0.05, 0.1) is 30.7 Å². The van der Waals surface area contributed by atoms with Crippen molar-refractivity contribution in [1.29, 1.82) is 0 Å². The van der Waals surface area contributed by atoms with Crippen LogP contribution in [0.4, 0.5) is 10.5 Å². The number of hydrogen-bond acceptors (Lipinski definition) is 5. The van der Waals surface area contributed by atoms with E-state index in [9.17, 15) is 9.59 Å². The monoisotopic (exact) mass is 382 g/mol. The summed E-state index contributed by atoms with van der Waals surface area (Å²) in [5, 5.41) is 3.01. The van der Waals surface area contributed by atoms with Crippen molar-refractivity contribution in [3.05, 3.63) is 58.3 Å². The molecule has 1 fully saturated rings. The SMILES string of the molecule is CC(CNC(=O)N1Cc2nc[nH]c(=O)c2C1)N1CCN(c2ccccc2)CC1. The zero-order valence-electron chi connectivity index (χ0n) is 16.1. The van der Waals surface area contributed by atoms with Crippen molar-refractivity contribution >= 4 is 11.7 Å². The molecular weight excluding hydrogens is 356 g/mol.